The molecule has 0 unspecified atom stereocenters. The van der Waals surface area contributed by atoms with Gasteiger partial charge in [-0.1, -0.05) is 32.0 Å². The van der Waals surface area contributed by atoms with Gasteiger partial charge >= 0.3 is 5.97 Å². The summed E-state index contributed by atoms with van der Waals surface area (Å²) in [4.78, 5) is 15.7. The number of hydrogen-bond donors (Lipinski definition) is 1. The molecule has 0 aliphatic rings. The van der Waals surface area contributed by atoms with Crippen molar-refractivity contribution < 1.29 is 9.53 Å². The van der Waals surface area contributed by atoms with Crippen molar-refractivity contribution in [3.63, 3.8) is 0 Å². The highest BCUT2D eigenvalue weighted by molar-refractivity contribution is 7.14. The minimum atomic E-state index is -0.409. The lowest BCUT2D eigenvalue weighted by atomic mass is 10.0. The van der Waals surface area contributed by atoms with Crippen LogP contribution in [0.1, 0.15) is 35.5 Å². The van der Waals surface area contributed by atoms with E-state index in [1.807, 2.05) is 0 Å². The minimum absolute atomic E-state index is 0.340. The summed E-state index contributed by atoms with van der Waals surface area (Å²) < 4.78 is 4.67. The van der Waals surface area contributed by atoms with Crippen LogP contribution >= 0.6 is 11.3 Å². The molecule has 4 nitrogen and oxygen atoms in total. The van der Waals surface area contributed by atoms with E-state index in [0.29, 0.717) is 10.8 Å². The Hall–Kier alpha value is -1.88. The van der Waals surface area contributed by atoms with Crippen molar-refractivity contribution in [3.05, 3.63) is 40.4 Å². The van der Waals surface area contributed by atoms with Gasteiger partial charge in [-0.25, -0.2) is 9.78 Å². The highest BCUT2D eigenvalue weighted by Crippen LogP contribution is 2.28. The maximum atomic E-state index is 11.4. The van der Waals surface area contributed by atoms with Gasteiger partial charge in [0.2, 0.25) is 0 Å². The van der Waals surface area contributed by atoms with E-state index in [4.69, 9.17) is 0 Å². The molecule has 0 radical (unpaired) electrons. The topological polar surface area (TPSA) is 51.2 Å². The number of para-hydroxylation sites is 1. The van der Waals surface area contributed by atoms with Gasteiger partial charge in [0.15, 0.2) is 10.8 Å². The Morgan fingerprint density at radius 1 is 1.30 bits per heavy atom. The Morgan fingerprint density at radius 2 is 1.95 bits per heavy atom. The van der Waals surface area contributed by atoms with Crippen molar-refractivity contribution in [2.75, 3.05) is 12.4 Å². The number of thiazole rings is 1. The summed E-state index contributed by atoms with van der Waals surface area (Å²) in [6.07, 6.45) is 1.90. The van der Waals surface area contributed by atoms with Crippen molar-refractivity contribution in [2.45, 2.75) is 26.7 Å². The van der Waals surface area contributed by atoms with Crippen molar-refractivity contribution in [1.82, 2.24) is 4.98 Å². The van der Waals surface area contributed by atoms with Crippen LogP contribution in [-0.4, -0.2) is 18.1 Å². The van der Waals surface area contributed by atoms with Gasteiger partial charge in [-0.3, -0.25) is 0 Å². The van der Waals surface area contributed by atoms with Crippen LogP contribution in [0.2, 0.25) is 0 Å². The van der Waals surface area contributed by atoms with E-state index < -0.39 is 5.97 Å². The monoisotopic (exact) mass is 290 g/mol. The number of esters is 1. The third-order valence-corrected chi connectivity index (χ3v) is 3.89. The summed E-state index contributed by atoms with van der Waals surface area (Å²) >= 11 is 1.40. The number of carbonyl (C=O) groups is 1. The van der Waals surface area contributed by atoms with Gasteiger partial charge in [0.25, 0.3) is 0 Å². The number of anilines is 2. The highest BCUT2D eigenvalue weighted by Gasteiger charge is 2.13. The van der Waals surface area contributed by atoms with Gasteiger partial charge in [0.05, 0.1) is 7.11 Å². The molecule has 106 valence electrons. The number of aromatic nitrogens is 1. The molecule has 1 aromatic heterocycles. The largest absolute Gasteiger partial charge is 0.464 e. The predicted octanol–water partition coefficient (Wildman–Crippen LogP) is 3.80. The van der Waals surface area contributed by atoms with E-state index in [2.05, 4.69) is 47.1 Å². The fourth-order valence-corrected chi connectivity index (χ4v) is 2.72. The fraction of sp³-hybridized carbons (Fsp3) is 0.333. The van der Waals surface area contributed by atoms with Crippen LogP contribution < -0.4 is 5.32 Å². The number of aryl methyl sites for hydroxylation is 2. The van der Waals surface area contributed by atoms with E-state index >= 15 is 0 Å². The summed E-state index contributed by atoms with van der Waals surface area (Å²) in [6.45, 7) is 4.25. The first-order valence-electron chi connectivity index (χ1n) is 6.61. The Labute approximate surface area is 122 Å². The maximum absolute atomic E-state index is 11.4. The van der Waals surface area contributed by atoms with Crippen LogP contribution in [0, 0.1) is 0 Å². The smallest absolute Gasteiger partial charge is 0.357 e. The Balaban J connectivity index is 2.29. The summed E-state index contributed by atoms with van der Waals surface area (Å²) in [7, 11) is 1.36. The number of methoxy groups -OCH3 is 1. The summed E-state index contributed by atoms with van der Waals surface area (Å²) in [6, 6.07) is 6.29. The second-order valence-electron chi connectivity index (χ2n) is 4.31. The first-order chi connectivity index (χ1) is 9.69. The molecule has 0 spiro atoms. The van der Waals surface area contributed by atoms with E-state index in [1.165, 1.54) is 29.6 Å². The molecule has 1 N–H and O–H groups in total. The summed E-state index contributed by atoms with van der Waals surface area (Å²) in [5, 5.41) is 5.75. The molecule has 2 rings (SSSR count). The molecule has 1 heterocycles. The lowest BCUT2D eigenvalue weighted by Crippen LogP contribution is -2.03. The van der Waals surface area contributed by atoms with Gasteiger partial charge < -0.3 is 10.1 Å². The molecule has 0 saturated heterocycles. The van der Waals surface area contributed by atoms with E-state index in [0.717, 1.165) is 18.5 Å². The van der Waals surface area contributed by atoms with Gasteiger partial charge in [0.1, 0.15) is 0 Å². The second-order valence-corrected chi connectivity index (χ2v) is 5.17. The minimum Gasteiger partial charge on any atom is -0.464 e. The van der Waals surface area contributed by atoms with Crippen LogP contribution in [-0.2, 0) is 17.6 Å². The predicted molar refractivity (Wildman–Crippen MR) is 81.9 cm³/mol. The second kappa shape index (κ2) is 6.52. The zero-order chi connectivity index (χ0) is 14.5. The van der Waals surface area contributed by atoms with Crippen molar-refractivity contribution in [1.29, 1.82) is 0 Å². The first kappa shape index (κ1) is 14.5. The lowest BCUT2D eigenvalue weighted by Gasteiger charge is -2.13. The molecule has 20 heavy (non-hydrogen) atoms. The highest BCUT2D eigenvalue weighted by atomic mass is 32.1. The fourth-order valence-electron chi connectivity index (χ4n) is 2.04. The van der Waals surface area contributed by atoms with Gasteiger partial charge in [-0.15, -0.1) is 11.3 Å². The number of carbonyl (C=O) groups excluding carboxylic acids is 1. The standard InChI is InChI=1S/C15H18N2O2S/c1-4-10-7-6-8-11(5-2)13(10)17-15-16-12(9-20-15)14(18)19-3/h6-9H,4-5H2,1-3H3,(H,16,17). The summed E-state index contributed by atoms with van der Waals surface area (Å²) in [5.74, 6) is -0.409. The number of rotatable bonds is 5. The third kappa shape index (κ3) is 2.99. The lowest BCUT2D eigenvalue weighted by molar-refractivity contribution is 0.0595. The molecule has 0 aliphatic heterocycles. The molecule has 0 amide bonds. The molecular formula is C15H18N2O2S. The molecule has 0 bridgehead atoms. The van der Waals surface area contributed by atoms with Crippen LogP contribution in [0.15, 0.2) is 23.6 Å². The zero-order valence-corrected chi connectivity index (χ0v) is 12.7. The Bertz CT molecular complexity index is 585. The van der Waals surface area contributed by atoms with Crippen LogP contribution in [0.25, 0.3) is 0 Å². The van der Waals surface area contributed by atoms with Crippen LogP contribution in [0.4, 0.5) is 10.8 Å². The van der Waals surface area contributed by atoms with Crippen molar-refractivity contribution in [3.8, 4) is 0 Å². The van der Waals surface area contributed by atoms with Crippen LogP contribution in [0.5, 0.6) is 0 Å². The molecule has 0 saturated carbocycles. The van der Waals surface area contributed by atoms with E-state index in [-0.39, 0.29) is 0 Å². The number of ether oxygens (including phenoxy) is 1. The van der Waals surface area contributed by atoms with E-state index in [1.54, 1.807) is 5.38 Å². The molecule has 5 heteroatoms. The average Bonchev–Trinajstić information content (AvgIpc) is 2.95. The Kier molecular flexibility index (Phi) is 4.74. The number of hydrogen-bond acceptors (Lipinski definition) is 5. The quantitative estimate of drug-likeness (QED) is 0.851. The Morgan fingerprint density at radius 3 is 2.50 bits per heavy atom. The molecule has 2 aromatic rings. The van der Waals surface area contributed by atoms with Crippen molar-refractivity contribution in [2.24, 2.45) is 0 Å². The number of benzene rings is 1. The maximum Gasteiger partial charge on any atom is 0.357 e. The zero-order valence-electron chi connectivity index (χ0n) is 11.9. The average molecular weight is 290 g/mol. The van der Waals surface area contributed by atoms with E-state index in [9.17, 15) is 4.79 Å². The molecular weight excluding hydrogens is 272 g/mol. The first-order valence-corrected chi connectivity index (χ1v) is 7.49. The van der Waals surface area contributed by atoms with Crippen LogP contribution in [0.3, 0.4) is 0 Å². The summed E-state index contributed by atoms with van der Waals surface area (Å²) in [5.41, 5.74) is 3.94. The molecule has 0 aliphatic carbocycles. The van der Waals surface area contributed by atoms with Gasteiger partial charge in [0, 0.05) is 11.1 Å². The molecule has 1 aromatic carbocycles. The molecule has 0 fully saturated rings. The SMILES string of the molecule is CCc1cccc(CC)c1Nc1nc(C(=O)OC)cs1. The third-order valence-electron chi connectivity index (χ3n) is 3.13. The molecule has 0 atom stereocenters. The van der Waals surface area contributed by atoms with Gasteiger partial charge in [-0.2, -0.15) is 0 Å². The number of nitrogens with one attached hydrogen (secondary N) is 1. The van der Waals surface area contributed by atoms with Crippen molar-refractivity contribution >= 4 is 28.1 Å². The normalized spacial score (nSPS) is 10.3. The number of nitrogens with zero attached hydrogens (tertiary/aromatic N) is 1. The van der Waals surface area contributed by atoms with Gasteiger partial charge in [-0.05, 0) is 24.0 Å².